The summed E-state index contributed by atoms with van der Waals surface area (Å²) in [4.78, 5) is 22.2. The Kier molecular flexibility index (Phi) is 18.9. The first kappa shape index (κ1) is 36.5. The molecule has 2 aromatic carbocycles. The van der Waals surface area contributed by atoms with Gasteiger partial charge in [-0.1, -0.05) is 65.5 Å². The van der Waals surface area contributed by atoms with Gasteiger partial charge in [0.2, 0.25) is 0 Å². The number of aromatic carboxylic acids is 2. The molecule has 0 spiro atoms. The van der Waals surface area contributed by atoms with E-state index in [0.29, 0.717) is 9.79 Å². The van der Waals surface area contributed by atoms with Crippen LogP contribution >= 0.6 is 0 Å². The van der Waals surface area contributed by atoms with Gasteiger partial charge < -0.3 is 19.5 Å². The topological polar surface area (TPSA) is 94.5 Å². The number of hydrogen-bond acceptors (Lipinski definition) is 4. The van der Waals surface area contributed by atoms with Crippen LogP contribution in [0.4, 0.5) is 0 Å². The molecule has 1 atom stereocenters. The van der Waals surface area contributed by atoms with E-state index in [1.165, 1.54) is 156 Å². The predicted molar refractivity (Wildman–Crippen MR) is 167 cm³/mol. The standard InChI is InChI=1S/C20H44N.C14H10O5S/c1-5-9-13-17-21(18-14-10-6-2,19-15-11-7-3)20-16-12-8-4;15-13(16)9-1-5-11(6-2-9)20(19)12-7-3-10(4-8-12)14(17)18/h5-20H2,1-4H3;1-8H,(H,15,16)(H,17,18)/q+1;/p-1. The lowest BCUT2D eigenvalue weighted by atomic mass is 10.1. The maximum atomic E-state index is 12.2. The van der Waals surface area contributed by atoms with Gasteiger partial charge in [-0.05, 0) is 93.3 Å². The number of nitrogens with zero attached hydrogens (tertiary/aromatic N) is 1. The summed E-state index contributed by atoms with van der Waals surface area (Å²) < 4.78 is 13.7. The third-order valence-corrected chi connectivity index (χ3v) is 8.96. The fourth-order valence-corrected chi connectivity index (χ4v) is 6.07. The molecule has 0 aromatic heterocycles. The molecule has 0 aliphatic carbocycles. The quantitative estimate of drug-likeness (QED) is 0.128. The average Bonchev–Trinajstić information content (AvgIpc) is 2.98. The van der Waals surface area contributed by atoms with Crippen LogP contribution < -0.4 is 5.11 Å². The van der Waals surface area contributed by atoms with Crippen LogP contribution in [0.3, 0.4) is 0 Å². The van der Waals surface area contributed by atoms with E-state index in [0.717, 1.165) is 0 Å². The number of quaternary nitrogens is 1. The first-order valence-corrected chi connectivity index (χ1v) is 16.8. The fraction of sp³-hybridized carbons (Fsp3) is 0.588. The van der Waals surface area contributed by atoms with E-state index in [-0.39, 0.29) is 11.1 Å². The molecule has 230 valence electrons. The molecule has 0 saturated carbocycles. The maximum absolute atomic E-state index is 12.2. The third-order valence-electron chi connectivity index (χ3n) is 7.56. The Balaban J connectivity index is 0.000000410. The molecule has 0 radical (unpaired) electrons. The molecule has 0 aliphatic rings. The number of carboxylic acid groups (broad SMARTS) is 2. The van der Waals surface area contributed by atoms with Crippen LogP contribution in [0.15, 0.2) is 58.3 Å². The zero-order chi connectivity index (χ0) is 30.5. The zero-order valence-corrected chi connectivity index (χ0v) is 26.7. The molecule has 0 aliphatic heterocycles. The van der Waals surface area contributed by atoms with Crippen molar-refractivity contribution in [1.82, 2.24) is 0 Å². The summed E-state index contributed by atoms with van der Waals surface area (Å²) in [6.45, 7) is 15.1. The first-order chi connectivity index (χ1) is 19.7. The van der Waals surface area contributed by atoms with Gasteiger partial charge in [-0.15, -0.1) is 0 Å². The average molecular weight is 588 g/mol. The summed E-state index contributed by atoms with van der Waals surface area (Å²) in [5, 5.41) is 19.4. The lowest BCUT2D eigenvalue weighted by Crippen LogP contribution is -2.50. The van der Waals surface area contributed by atoms with Crippen LogP contribution in [0, 0.1) is 0 Å². The Hall–Kier alpha value is -2.51. The van der Waals surface area contributed by atoms with E-state index >= 15 is 0 Å². The zero-order valence-electron chi connectivity index (χ0n) is 25.9. The molecule has 0 heterocycles. The van der Waals surface area contributed by atoms with Gasteiger partial charge in [-0.25, -0.2) is 9.00 Å². The van der Waals surface area contributed by atoms with Gasteiger partial charge in [0.15, 0.2) is 0 Å². The van der Waals surface area contributed by atoms with Crippen LogP contribution in [0.5, 0.6) is 0 Å². The monoisotopic (exact) mass is 587 g/mol. The van der Waals surface area contributed by atoms with Crippen molar-refractivity contribution in [2.75, 3.05) is 26.2 Å². The molecule has 1 N–H and O–H groups in total. The largest absolute Gasteiger partial charge is 0.545 e. The highest BCUT2D eigenvalue weighted by Crippen LogP contribution is 2.19. The van der Waals surface area contributed by atoms with Crippen molar-refractivity contribution in [3.8, 4) is 0 Å². The minimum absolute atomic E-state index is 0.00646. The van der Waals surface area contributed by atoms with E-state index in [1.54, 1.807) is 0 Å². The number of hydrogen-bond donors (Lipinski definition) is 1. The van der Waals surface area contributed by atoms with E-state index < -0.39 is 22.7 Å². The molecule has 0 bridgehead atoms. The van der Waals surface area contributed by atoms with Crippen LogP contribution in [0.25, 0.3) is 0 Å². The first-order valence-electron chi connectivity index (χ1n) is 15.6. The third kappa shape index (κ3) is 14.3. The smallest absolute Gasteiger partial charge is 0.335 e. The van der Waals surface area contributed by atoms with E-state index in [9.17, 15) is 18.9 Å². The summed E-state index contributed by atoms with van der Waals surface area (Å²) in [5.74, 6) is -2.35. The van der Waals surface area contributed by atoms with Crippen LogP contribution in [-0.2, 0) is 10.8 Å². The molecule has 1 unspecified atom stereocenters. The molecule has 0 amide bonds. The predicted octanol–water partition coefficient (Wildman–Crippen LogP) is 7.48. The maximum Gasteiger partial charge on any atom is 0.335 e. The van der Waals surface area contributed by atoms with Crippen molar-refractivity contribution in [1.29, 1.82) is 0 Å². The fourth-order valence-electron chi connectivity index (χ4n) is 5.03. The van der Waals surface area contributed by atoms with Gasteiger partial charge in [0.25, 0.3) is 0 Å². The van der Waals surface area contributed by atoms with Crippen molar-refractivity contribution in [2.45, 2.75) is 115 Å². The second-order valence-electron chi connectivity index (χ2n) is 11.0. The normalized spacial score (nSPS) is 11.9. The van der Waals surface area contributed by atoms with Crippen LogP contribution in [-0.4, -0.2) is 51.9 Å². The molecule has 6 nitrogen and oxygen atoms in total. The van der Waals surface area contributed by atoms with Gasteiger partial charge in [-0.2, -0.15) is 0 Å². The van der Waals surface area contributed by atoms with Crippen LogP contribution in [0.1, 0.15) is 125 Å². The van der Waals surface area contributed by atoms with Crippen molar-refractivity contribution >= 4 is 22.7 Å². The Morgan fingerprint density at radius 1 is 0.610 bits per heavy atom. The van der Waals surface area contributed by atoms with Crippen molar-refractivity contribution in [3.05, 3.63) is 59.7 Å². The van der Waals surface area contributed by atoms with Gasteiger partial charge in [0, 0.05) is 9.79 Å². The lowest BCUT2D eigenvalue weighted by molar-refractivity contribution is -0.929. The minimum atomic E-state index is -1.50. The molecular weight excluding hydrogens is 534 g/mol. The molecule has 0 saturated heterocycles. The molecule has 7 heteroatoms. The Morgan fingerprint density at radius 2 is 0.927 bits per heavy atom. The second-order valence-corrected chi connectivity index (χ2v) is 12.5. The number of carbonyl (C=O) groups excluding carboxylic acids is 1. The van der Waals surface area contributed by atoms with Crippen molar-refractivity contribution in [3.63, 3.8) is 0 Å². The van der Waals surface area contributed by atoms with E-state index in [1.807, 2.05) is 0 Å². The van der Waals surface area contributed by atoms with Crippen molar-refractivity contribution in [2.24, 2.45) is 0 Å². The number of unbranched alkanes of at least 4 members (excludes halogenated alkanes) is 8. The van der Waals surface area contributed by atoms with E-state index in [4.69, 9.17) is 5.11 Å². The van der Waals surface area contributed by atoms with Gasteiger partial charge in [-0.3, -0.25) is 0 Å². The SMILES string of the molecule is CCCCC[N+](CCCCC)(CCCCC)CCCCC.O=C([O-])c1ccc(S(=O)c2ccc(C(=O)O)cc2)cc1. The van der Waals surface area contributed by atoms with Gasteiger partial charge in [0.1, 0.15) is 0 Å². The van der Waals surface area contributed by atoms with Crippen LogP contribution in [0.2, 0.25) is 0 Å². The molecular formula is C34H53NO5S. The summed E-state index contributed by atoms with van der Waals surface area (Å²) in [5.41, 5.74) is 0.116. The number of benzene rings is 2. The van der Waals surface area contributed by atoms with Gasteiger partial charge >= 0.3 is 5.97 Å². The summed E-state index contributed by atoms with van der Waals surface area (Å²) >= 11 is 0. The summed E-state index contributed by atoms with van der Waals surface area (Å²) in [7, 11) is -1.50. The highest BCUT2D eigenvalue weighted by Gasteiger charge is 2.25. The van der Waals surface area contributed by atoms with E-state index in [2.05, 4.69) is 27.7 Å². The number of carboxylic acids is 2. The Bertz CT molecular complexity index is 915. The molecule has 2 rings (SSSR count). The molecule has 0 fully saturated rings. The molecule has 41 heavy (non-hydrogen) atoms. The second kappa shape index (κ2) is 21.2. The Labute approximate surface area is 251 Å². The Morgan fingerprint density at radius 3 is 1.20 bits per heavy atom. The summed E-state index contributed by atoms with van der Waals surface area (Å²) in [6.07, 6.45) is 16.9. The summed E-state index contributed by atoms with van der Waals surface area (Å²) in [6, 6.07) is 11.2. The highest BCUT2D eigenvalue weighted by molar-refractivity contribution is 7.85. The lowest BCUT2D eigenvalue weighted by Gasteiger charge is -2.39. The molecule has 2 aromatic rings. The number of carbonyl (C=O) groups is 2. The van der Waals surface area contributed by atoms with Gasteiger partial charge in [0.05, 0.1) is 48.5 Å². The van der Waals surface area contributed by atoms with Crippen molar-refractivity contribution < 1.29 is 28.5 Å². The number of rotatable bonds is 20. The minimum Gasteiger partial charge on any atom is -0.545 e. The highest BCUT2D eigenvalue weighted by atomic mass is 32.2.